The van der Waals surface area contributed by atoms with Crippen molar-refractivity contribution in [2.75, 3.05) is 5.32 Å². The Hall–Kier alpha value is -1.03. The number of nitrogens with one attached hydrogen (secondary N) is 2. The van der Waals surface area contributed by atoms with E-state index in [4.69, 9.17) is 0 Å². The maximum absolute atomic E-state index is 11.5. The molecule has 1 aromatic carbocycles. The van der Waals surface area contributed by atoms with Gasteiger partial charge in [-0.2, -0.15) is 0 Å². The van der Waals surface area contributed by atoms with E-state index in [1.54, 1.807) is 0 Å². The van der Waals surface area contributed by atoms with E-state index in [0.29, 0.717) is 5.92 Å². The highest BCUT2D eigenvalue weighted by Crippen LogP contribution is 2.33. The first-order valence-corrected chi connectivity index (χ1v) is 6.22. The van der Waals surface area contributed by atoms with Gasteiger partial charge in [0.2, 0.25) is 0 Å². The number of urea groups is 1. The third kappa shape index (κ3) is 2.38. The quantitative estimate of drug-likeness (QED) is 0.854. The van der Waals surface area contributed by atoms with Crippen molar-refractivity contribution in [3.05, 3.63) is 28.2 Å². The number of carbonyl (C=O) groups excluding carboxylic acids is 1. The molecular formula is C12H15BrN2O. The Morgan fingerprint density at radius 2 is 2.19 bits per heavy atom. The summed E-state index contributed by atoms with van der Waals surface area (Å²) in [6.45, 7) is 4.32. The third-order valence-corrected chi connectivity index (χ3v) is 3.14. The zero-order chi connectivity index (χ0) is 11.7. The van der Waals surface area contributed by atoms with Crippen LogP contribution in [0.5, 0.6) is 0 Å². The summed E-state index contributed by atoms with van der Waals surface area (Å²) in [5.74, 6) is 0.551. The first kappa shape index (κ1) is 11.5. The lowest BCUT2D eigenvalue weighted by molar-refractivity contribution is 0.245. The first-order chi connectivity index (χ1) is 7.56. The van der Waals surface area contributed by atoms with Crippen molar-refractivity contribution >= 4 is 27.6 Å². The topological polar surface area (TPSA) is 41.1 Å². The average molecular weight is 283 g/mol. The second-order valence-corrected chi connectivity index (χ2v) is 5.43. The molecule has 0 fully saturated rings. The van der Waals surface area contributed by atoms with E-state index in [-0.39, 0.29) is 12.1 Å². The van der Waals surface area contributed by atoms with Crippen molar-refractivity contribution in [2.45, 2.75) is 26.3 Å². The van der Waals surface area contributed by atoms with Crippen molar-refractivity contribution < 1.29 is 4.79 Å². The Morgan fingerprint density at radius 1 is 1.44 bits per heavy atom. The van der Waals surface area contributed by atoms with Gasteiger partial charge in [0.05, 0.1) is 6.04 Å². The Bertz CT molecular complexity index is 417. The smallest absolute Gasteiger partial charge is 0.319 e. The molecule has 86 valence electrons. The van der Waals surface area contributed by atoms with E-state index in [2.05, 4.69) is 46.5 Å². The van der Waals surface area contributed by atoms with Crippen molar-refractivity contribution in [1.29, 1.82) is 0 Å². The molecule has 0 saturated heterocycles. The molecule has 4 heteroatoms. The van der Waals surface area contributed by atoms with Gasteiger partial charge in [-0.3, -0.25) is 0 Å². The Labute approximate surface area is 104 Å². The summed E-state index contributed by atoms with van der Waals surface area (Å²) in [6.07, 6.45) is 0.955. The Balaban J connectivity index is 2.35. The van der Waals surface area contributed by atoms with Gasteiger partial charge >= 0.3 is 6.03 Å². The standard InChI is InChI=1S/C12H15BrN2O/c1-7(2)5-11-9-6-8(13)3-4-10(9)14-12(16)15-11/h3-4,6-7,11H,5H2,1-2H3,(H2,14,15,16). The molecule has 1 aromatic rings. The van der Waals surface area contributed by atoms with Crippen molar-refractivity contribution in [3.8, 4) is 0 Å². The lowest BCUT2D eigenvalue weighted by atomic mass is 9.94. The second kappa shape index (κ2) is 4.45. The van der Waals surface area contributed by atoms with Crippen LogP contribution in [0.4, 0.5) is 10.5 Å². The Morgan fingerprint density at radius 3 is 2.88 bits per heavy atom. The molecule has 2 N–H and O–H groups in total. The van der Waals surface area contributed by atoms with Crippen LogP contribution in [0.25, 0.3) is 0 Å². The highest BCUT2D eigenvalue weighted by atomic mass is 79.9. The fourth-order valence-corrected chi connectivity index (χ4v) is 2.37. The number of halogens is 1. The monoisotopic (exact) mass is 282 g/mol. The zero-order valence-electron chi connectivity index (χ0n) is 9.38. The maximum atomic E-state index is 11.5. The van der Waals surface area contributed by atoms with Gasteiger partial charge in [-0.1, -0.05) is 29.8 Å². The van der Waals surface area contributed by atoms with Crippen LogP contribution in [0.1, 0.15) is 31.9 Å². The number of benzene rings is 1. The summed E-state index contributed by atoms with van der Waals surface area (Å²) < 4.78 is 1.04. The first-order valence-electron chi connectivity index (χ1n) is 5.43. The molecule has 1 aliphatic heterocycles. The SMILES string of the molecule is CC(C)CC1NC(=O)Nc2ccc(Br)cc21. The van der Waals surface area contributed by atoms with Gasteiger partial charge in [-0.25, -0.2) is 4.79 Å². The van der Waals surface area contributed by atoms with E-state index in [9.17, 15) is 4.79 Å². The number of rotatable bonds is 2. The lowest BCUT2D eigenvalue weighted by Gasteiger charge is -2.28. The number of anilines is 1. The highest BCUT2D eigenvalue weighted by molar-refractivity contribution is 9.10. The number of carbonyl (C=O) groups is 1. The molecule has 0 saturated carbocycles. The maximum Gasteiger partial charge on any atom is 0.319 e. The van der Waals surface area contributed by atoms with Crippen LogP contribution >= 0.6 is 15.9 Å². The molecule has 1 unspecified atom stereocenters. The van der Waals surface area contributed by atoms with Crippen LogP contribution in [0, 0.1) is 5.92 Å². The number of amides is 2. The van der Waals surface area contributed by atoms with Crippen molar-refractivity contribution in [1.82, 2.24) is 5.32 Å². The van der Waals surface area contributed by atoms with Crippen LogP contribution in [0.2, 0.25) is 0 Å². The van der Waals surface area contributed by atoms with Crippen LogP contribution in [-0.4, -0.2) is 6.03 Å². The minimum Gasteiger partial charge on any atom is -0.331 e. The average Bonchev–Trinajstić information content (AvgIpc) is 2.18. The number of hydrogen-bond acceptors (Lipinski definition) is 1. The summed E-state index contributed by atoms with van der Waals surface area (Å²) in [6, 6.07) is 5.94. The van der Waals surface area contributed by atoms with Crippen LogP contribution in [-0.2, 0) is 0 Å². The van der Waals surface area contributed by atoms with Gasteiger partial charge in [0, 0.05) is 10.2 Å². The molecule has 1 atom stereocenters. The van der Waals surface area contributed by atoms with Gasteiger partial charge in [0.1, 0.15) is 0 Å². The minimum atomic E-state index is -0.111. The molecule has 0 aromatic heterocycles. The summed E-state index contributed by atoms with van der Waals surface area (Å²) in [5, 5.41) is 5.78. The molecule has 0 aliphatic carbocycles. The summed E-state index contributed by atoms with van der Waals surface area (Å²) in [5.41, 5.74) is 2.07. The molecule has 0 spiro atoms. The van der Waals surface area contributed by atoms with E-state index in [1.807, 2.05) is 12.1 Å². The molecule has 2 amide bonds. The summed E-state index contributed by atoms with van der Waals surface area (Å²) in [7, 11) is 0. The third-order valence-electron chi connectivity index (χ3n) is 2.65. The largest absolute Gasteiger partial charge is 0.331 e. The molecule has 2 rings (SSSR count). The van der Waals surface area contributed by atoms with Gasteiger partial charge < -0.3 is 10.6 Å². The zero-order valence-corrected chi connectivity index (χ0v) is 11.0. The van der Waals surface area contributed by atoms with Gasteiger partial charge in [0.15, 0.2) is 0 Å². The fraction of sp³-hybridized carbons (Fsp3) is 0.417. The molecule has 0 radical (unpaired) electrons. The number of hydrogen-bond donors (Lipinski definition) is 2. The van der Waals surface area contributed by atoms with Crippen LogP contribution < -0.4 is 10.6 Å². The summed E-state index contributed by atoms with van der Waals surface area (Å²) in [4.78, 5) is 11.5. The Kier molecular flexibility index (Phi) is 3.19. The predicted molar refractivity (Wildman–Crippen MR) is 68.5 cm³/mol. The number of fused-ring (bicyclic) bond motifs is 1. The fourth-order valence-electron chi connectivity index (χ4n) is 1.99. The van der Waals surface area contributed by atoms with Crippen LogP contribution in [0.3, 0.4) is 0 Å². The molecule has 1 heterocycles. The minimum absolute atomic E-state index is 0.111. The van der Waals surface area contributed by atoms with Crippen molar-refractivity contribution in [2.24, 2.45) is 5.92 Å². The van der Waals surface area contributed by atoms with Gasteiger partial charge in [0.25, 0.3) is 0 Å². The molecule has 1 aliphatic rings. The van der Waals surface area contributed by atoms with E-state index in [1.165, 1.54) is 0 Å². The molecule has 0 bridgehead atoms. The second-order valence-electron chi connectivity index (χ2n) is 4.51. The van der Waals surface area contributed by atoms with Crippen LogP contribution in [0.15, 0.2) is 22.7 Å². The molecule has 3 nitrogen and oxygen atoms in total. The molecule has 16 heavy (non-hydrogen) atoms. The van der Waals surface area contributed by atoms with E-state index >= 15 is 0 Å². The van der Waals surface area contributed by atoms with Gasteiger partial charge in [-0.05, 0) is 36.1 Å². The highest BCUT2D eigenvalue weighted by Gasteiger charge is 2.24. The summed E-state index contributed by atoms with van der Waals surface area (Å²) >= 11 is 3.46. The lowest BCUT2D eigenvalue weighted by Crippen LogP contribution is -2.38. The predicted octanol–water partition coefficient (Wildman–Crippen LogP) is 3.67. The van der Waals surface area contributed by atoms with Crippen molar-refractivity contribution in [3.63, 3.8) is 0 Å². The normalized spacial score (nSPS) is 19.0. The van der Waals surface area contributed by atoms with E-state index < -0.39 is 0 Å². The molecular weight excluding hydrogens is 268 g/mol. The van der Waals surface area contributed by atoms with E-state index in [0.717, 1.165) is 22.1 Å². The van der Waals surface area contributed by atoms with Gasteiger partial charge in [-0.15, -0.1) is 0 Å².